The molecule has 0 spiro atoms. The maximum absolute atomic E-state index is 2.91. The SMILES string of the molecule is CC#CC#CC#CC#CC#Cc1ccccc1. The first-order valence-electron chi connectivity index (χ1n) is 4.91. The van der Waals surface area contributed by atoms with Gasteiger partial charge < -0.3 is 0 Å². The number of hydrogen-bond donors (Lipinski definition) is 0. The number of hydrogen-bond acceptors (Lipinski definition) is 0. The summed E-state index contributed by atoms with van der Waals surface area (Å²) in [6.45, 7) is 1.72. The van der Waals surface area contributed by atoms with Crippen LogP contribution in [0.4, 0.5) is 0 Å². The fourth-order valence-electron chi connectivity index (χ4n) is 0.875. The van der Waals surface area contributed by atoms with Crippen molar-refractivity contribution in [3.05, 3.63) is 35.9 Å². The summed E-state index contributed by atoms with van der Waals surface area (Å²) in [5.74, 6) is 26.3. The zero-order chi connectivity index (χ0) is 12.2. The first-order chi connectivity index (χ1) is 8.43. The molecule has 0 radical (unpaired) electrons. The van der Waals surface area contributed by atoms with Crippen LogP contribution in [-0.4, -0.2) is 0 Å². The van der Waals surface area contributed by atoms with E-state index in [4.69, 9.17) is 0 Å². The Balaban J connectivity index is 2.56. The maximum Gasteiger partial charge on any atom is 0.0255 e. The van der Waals surface area contributed by atoms with E-state index in [0.29, 0.717) is 0 Å². The lowest BCUT2D eigenvalue weighted by Gasteiger charge is -1.83. The van der Waals surface area contributed by atoms with Crippen LogP contribution in [0.25, 0.3) is 0 Å². The summed E-state index contributed by atoms with van der Waals surface area (Å²) in [4.78, 5) is 0. The minimum atomic E-state index is 0.938. The van der Waals surface area contributed by atoms with Crippen molar-refractivity contribution in [2.75, 3.05) is 0 Å². The Morgan fingerprint density at radius 3 is 1.76 bits per heavy atom. The highest BCUT2D eigenvalue weighted by atomic mass is 13.8. The maximum atomic E-state index is 2.91. The van der Waals surface area contributed by atoms with Gasteiger partial charge in [-0.2, -0.15) is 0 Å². The highest BCUT2D eigenvalue weighted by Crippen LogP contribution is 1.93. The van der Waals surface area contributed by atoms with E-state index in [1.54, 1.807) is 6.92 Å². The van der Waals surface area contributed by atoms with E-state index in [1.807, 2.05) is 30.3 Å². The molecule has 0 heterocycles. The minimum Gasteiger partial charge on any atom is -0.0925 e. The van der Waals surface area contributed by atoms with Crippen molar-refractivity contribution in [3.8, 4) is 59.2 Å². The third-order valence-corrected chi connectivity index (χ3v) is 1.54. The topological polar surface area (TPSA) is 0 Å². The molecule has 1 aromatic rings. The van der Waals surface area contributed by atoms with Crippen molar-refractivity contribution < 1.29 is 0 Å². The van der Waals surface area contributed by atoms with Gasteiger partial charge in [0.15, 0.2) is 0 Å². The molecule has 0 aliphatic rings. The predicted octanol–water partition coefficient (Wildman–Crippen LogP) is 2.07. The fraction of sp³-hybridized carbons (Fsp3) is 0.0588. The molecule has 0 atom stereocenters. The fourth-order valence-corrected chi connectivity index (χ4v) is 0.875. The summed E-state index contributed by atoms with van der Waals surface area (Å²) in [5, 5.41) is 0. The summed E-state index contributed by atoms with van der Waals surface area (Å²) in [6, 6.07) is 9.66. The third-order valence-electron chi connectivity index (χ3n) is 1.54. The molecule has 1 aromatic carbocycles. The van der Waals surface area contributed by atoms with Gasteiger partial charge in [0.1, 0.15) is 0 Å². The summed E-state index contributed by atoms with van der Waals surface area (Å²) in [5.41, 5.74) is 0.938. The van der Waals surface area contributed by atoms with E-state index in [2.05, 4.69) is 59.2 Å². The molecule has 0 N–H and O–H groups in total. The van der Waals surface area contributed by atoms with Crippen molar-refractivity contribution in [1.29, 1.82) is 0 Å². The van der Waals surface area contributed by atoms with Gasteiger partial charge in [0.2, 0.25) is 0 Å². The van der Waals surface area contributed by atoms with Crippen molar-refractivity contribution in [2.45, 2.75) is 6.92 Å². The summed E-state index contributed by atoms with van der Waals surface area (Å²) in [7, 11) is 0. The van der Waals surface area contributed by atoms with Crippen LogP contribution in [0.3, 0.4) is 0 Å². The minimum absolute atomic E-state index is 0.938. The van der Waals surface area contributed by atoms with E-state index in [-0.39, 0.29) is 0 Å². The van der Waals surface area contributed by atoms with Gasteiger partial charge in [0.05, 0.1) is 0 Å². The van der Waals surface area contributed by atoms with Gasteiger partial charge in [-0.15, -0.1) is 0 Å². The van der Waals surface area contributed by atoms with Crippen LogP contribution in [0.15, 0.2) is 30.3 Å². The monoisotopic (exact) mass is 212 g/mol. The molecule has 0 aliphatic carbocycles. The van der Waals surface area contributed by atoms with Crippen molar-refractivity contribution >= 4 is 0 Å². The molecular weight excluding hydrogens is 204 g/mol. The van der Waals surface area contributed by atoms with Gasteiger partial charge in [-0.25, -0.2) is 0 Å². The quantitative estimate of drug-likeness (QED) is 0.577. The first kappa shape index (κ1) is 12.1. The van der Waals surface area contributed by atoms with Crippen LogP contribution in [0, 0.1) is 59.2 Å². The molecule has 0 saturated carbocycles. The van der Waals surface area contributed by atoms with Crippen LogP contribution < -0.4 is 0 Å². The zero-order valence-electron chi connectivity index (χ0n) is 9.39. The van der Waals surface area contributed by atoms with Crippen LogP contribution >= 0.6 is 0 Å². The van der Waals surface area contributed by atoms with E-state index in [9.17, 15) is 0 Å². The zero-order valence-corrected chi connectivity index (χ0v) is 9.39. The third kappa shape index (κ3) is 6.16. The van der Waals surface area contributed by atoms with Gasteiger partial charge in [0, 0.05) is 5.56 Å². The van der Waals surface area contributed by atoms with Crippen LogP contribution in [0.5, 0.6) is 0 Å². The Bertz CT molecular complexity index is 664. The lowest BCUT2D eigenvalue weighted by molar-refractivity contribution is 1.65. The predicted molar refractivity (Wildman–Crippen MR) is 70.1 cm³/mol. The van der Waals surface area contributed by atoms with Gasteiger partial charge in [-0.05, 0) is 66.4 Å². The first-order valence-corrected chi connectivity index (χ1v) is 4.91. The lowest BCUT2D eigenvalue weighted by Crippen LogP contribution is -1.68. The van der Waals surface area contributed by atoms with E-state index in [0.717, 1.165) is 5.56 Å². The Morgan fingerprint density at radius 2 is 1.18 bits per heavy atom. The molecular formula is C17H8. The molecule has 0 heteroatoms. The average Bonchev–Trinajstić information content (AvgIpc) is 2.38. The molecule has 0 amide bonds. The second kappa shape index (κ2) is 8.34. The summed E-state index contributed by atoms with van der Waals surface area (Å²) >= 11 is 0. The molecule has 0 unspecified atom stereocenters. The lowest BCUT2D eigenvalue weighted by atomic mass is 10.2. The highest BCUT2D eigenvalue weighted by molar-refractivity contribution is 5.45. The van der Waals surface area contributed by atoms with Crippen molar-refractivity contribution in [1.82, 2.24) is 0 Å². The van der Waals surface area contributed by atoms with Crippen molar-refractivity contribution in [3.63, 3.8) is 0 Å². The second-order valence-electron chi connectivity index (χ2n) is 2.74. The van der Waals surface area contributed by atoms with Gasteiger partial charge in [-0.1, -0.05) is 30.0 Å². The van der Waals surface area contributed by atoms with Crippen LogP contribution in [0.1, 0.15) is 12.5 Å². The summed E-state index contributed by atoms with van der Waals surface area (Å²) in [6.07, 6.45) is 0. The molecule has 0 nitrogen and oxygen atoms in total. The smallest absolute Gasteiger partial charge is 0.0255 e. The number of rotatable bonds is 0. The van der Waals surface area contributed by atoms with Crippen molar-refractivity contribution in [2.24, 2.45) is 0 Å². The normalized spacial score (nSPS) is 5.94. The van der Waals surface area contributed by atoms with E-state index in [1.165, 1.54) is 0 Å². The van der Waals surface area contributed by atoms with Gasteiger partial charge in [0.25, 0.3) is 0 Å². The Labute approximate surface area is 102 Å². The largest absolute Gasteiger partial charge is 0.0925 e. The molecule has 0 saturated heterocycles. The Hall–Kier alpha value is -2.98. The molecule has 0 bridgehead atoms. The molecule has 0 fully saturated rings. The van der Waals surface area contributed by atoms with Gasteiger partial charge in [-0.3, -0.25) is 0 Å². The average molecular weight is 212 g/mol. The number of benzene rings is 1. The summed E-state index contributed by atoms with van der Waals surface area (Å²) < 4.78 is 0. The molecule has 76 valence electrons. The second-order valence-corrected chi connectivity index (χ2v) is 2.74. The molecule has 0 aliphatic heterocycles. The van der Waals surface area contributed by atoms with E-state index < -0.39 is 0 Å². The Kier molecular flexibility index (Phi) is 5.93. The highest BCUT2D eigenvalue weighted by Gasteiger charge is 1.78. The molecule has 0 aromatic heterocycles. The van der Waals surface area contributed by atoms with E-state index >= 15 is 0 Å². The van der Waals surface area contributed by atoms with Crippen LogP contribution in [0.2, 0.25) is 0 Å². The van der Waals surface area contributed by atoms with Crippen LogP contribution in [-0.2, 0) is 0 Å². The Morgan fingerprint density at radius 1 is 0.647 bits per heavy atom. The molecule has 1 rings (SSSR count). The molecule has 17 heavy (non-hydrogen) atoms. The standard InChI is InChI=1S/C17H8/c1-2-3-4-5-6-7-8-9-11-14-17-15-12-10-13-16-17/h10,12-13,15-16H,1H3. The van der Waals surface area contributed by atoms with Gasteiger partial charge >= 0.3 is 0 Å².